The van der Waals surface area contributed by atoms with Gasteiger partial charge in [0, 0.05) is 22.6 Å². The number of aromatic nitrogens is 1. The minimum absolute atomic E-state index is 0.205. The molecule has 1 aliphatic carbocycles. The van der Waals surface area contributed by atoms with Gasteiger partial charge in [0.25, 0.3) is 0 Å². The van der Waals surface area contributed by atoms with Gasteiger partial charge in [-0.25, -0.2) is 4.98 Å². The van der Waals surface area contributed by atoms with E-state index in [-0.39, 0.29) is 5.91 Å². The van der Waals surface area contributed by atoms with Gasteiger partial charge >= 0.3 is 0 Å². The van der Waals surface area contributed by atoms with Crippen molar-refractivity contribution in [3.05, 3.63) is 80.8 Å². The molecule has 1 fully saturated rings. The molecule has 0 unspecified atom stereocenters. The van der Waals surface area contributed by atoms with Crippen molar-refractivity contribution in [2.45, 2.75) is 44.6 Å². The average Bonchev–Trinajstić information content (AvgIpc) is 3.49. The molecule has 1 aliphatic rings. The van der Waals surface area contributed by atoms with Gasteiger partial charge in [0.15, 0.2) is 0 Å². The van der Waals surface area contributed by atoms with Gasteiger partial charge in [0.2, 0.25) is 5.91 Å². The van der Waals surface area contributed by atoms with E-state index in [4.69, 9.17) is 16.3 Å². The minimum Gasteiger partial charge on any atom is -0.497 e. The molecule has 1 aromatic heterocycles. The van der Waals surface area contributed by atoms with Crippen molar-refractivity contribution in [1.82, 2.24) is 9.88 Å². The van der Waals surface area contributed by atoms with Crippen LogP contribution in [0.25, 0.3) is 0 Å². The molecule has 162 valence electrons. The predicted molar refractivity (Wildman–Crippen MR) is 126 cm³/mol. The number of carbonyl (C=O) groups excluding carboxylic acids is 1. The summed E-state index contributed by atoms with van der Waals surface area (Å²) in [7, 11) is 1.66. The molecule has 1 saturated carbocycles. The largest absolute Gasteiger partial charge is 0.497 e. The lowest BCUT2D eigenvalue weighted by Crippen LogP contribution is -2.39. The van der Waals surface area contributed by atoms with E-state index in [2.05, 4.69) is 11.1 Å². The summed E-state index contributed by atoms with van der Waals surface area (Å²) >= 11 is 7.74. The first kappa shape index (κ1) is 21.8. The number of nitrogens with zero attached hydrogens (tertiary/aromatic N) is 2. The first-order valence-electron chi connectivity index (χ1n) is 10.6. The molecule has 0 saturated heterocycles. The zero-order chi connectivity index (χ0) is 21.8. The molecule has 6 heteroatoms. The summed E-state index contributed by atoms with van der Waals surface area (Å²) in [4.78, 5) is 20.3. The fraction of sp³-hybridized carbons (Fsp3) is 0.360. The Morgan fingerprint density at radius 3 is 2.61 bits per heavy atom. The number of benzene rings is 2. The third kappa shape index (κ3) is 5.10. The smallest absolute Gasteiger partial charge is 0.233 e. The third-order valence-electron chi connectivity index (χ3n) is 5.86. The quantitative estimate of drug-likeness (QED) is 0.410. The summed E-state index contributed by atoms with van der Waals surface area (Å²) in [5, 5.41) is 3.78. The van der Waals surface area contributed by atoms with Gasteiger partial charge in [0.1, 0.15) is 10.8 Å². The number of ether oxygens (including phenoxy) is 1. The second kappa shape index (κ2) is 9.41. The predicted octanol–water partition coefficient (Wildman–Crippen LogP) is 5.81. The Labute approximate surface area is 192 Å². The van der Waals surface area contributed by atoms with Crippen LogP contribution in [0.3, 0.4) is 0 Å². The molecule has 0 atom stereocenters. The fourth-order valence-electron chi connectivity index (χ4n) is 4.02. The summed E-state index contributed by atoms with van der Waals surface area (Å²) in [6, 6.07) is 15.9. The van der Waals surface area contributed by atoms with Crippen LogP contribution in [0.15, 0.2) is 53.9 Å². The first-order chi connectivity index (χ1) is 15.0. The molecular formula is C25H27ClN2O2S. The Hall–Kier alpha value is -2.37. The number of methoxy groups -OCH3 is 1. The van der Waals surface area contributed by atoms with Crippen LogP contribution < -0.4 is 4.74 Å². The van der Waals surface area contributed by atoms with Gasteiger partial charge in [-0.05, 0) is 68.0 Å². The Morgan fingerprint density at radius 2 is 2.00 bits per heavy atom. The molecule has 0 radical (unpaired) electrons. The summed E-state index contributed by atoms with van der Waals surface area (Å²) in [6.07, 6.45) is 3.55. The summed E-state index contributed by atoms with van der Waals surface area (Å²) in [5.41, 5.74) is 2.87. The van der Waals surface area contributed by atoms with Gasteiger partial charge in [0.05, 0.1) is 19.1 Å². The molecule has 0 N–H and O–H groups in total. The van der Waals surface area contributed by atoms with Crippen LogP contribution in [0.1, 0.15) is 41.1 Å². The van der Waals surface area contributed by atoms with E-state index in [9.17, 15) is 4.79 Å². The van der Waals surface area contributed by atoms with Crippen molar-refractivity contribution in [3.8, 4) is 5.75 Å². The zero-order valence-electron chi connectivity index (χ0n) is 17.9. The minimum atomic E-state index is -0.408. The molecule has 1 amide bonds. The molecule has 31 heavy (non-hydrogen) atoms. The SMILES string of the molecule is COc1ccc(C2(C(=O)N(CCCc3cccc(Cl)c3)Cc3nc(C)cs3)CC2)cc1. The summed E-state index contributed by atoms with van der Waals surface area (Å²) < 4.78 is 5.28. The van der Waals surface area contributed by atoms with Gasteiger partial charge in [-0.2, -0.15) is 0 Å². The first-order valence-corrected chi connectivity index (χ1v) is 11.9. The van der Waals surface area contributed by atoms with E-state index in [1.807, 2.05) is 59.7 Å². The number of hydrogen-bond donors (Lipinski definition) is 0. The topological polar surface area (TPSA) is 42.4 Å². The molecule has 4 nitrogen and oxygen atoms in total. The van der Waals surface area contributed by atoms with Crippen LogP contribution in [-0.4, -0.2) is 29.4 Å². The maximum absolute atomic E-state index is 13.7. The number of hydrogen-bond acceptors (Lipinski definition) is 4. The van der Waals surface area contributed by atoms with Gasteiger partial charge in [-0.15, -0.1) is 11.3 Å². The van der Waals surface area contributed by atoms with Crippen LogP contribution in [0.2, 0.25) is 5.02 Å². The highest BCUT2D eigenvalue weighted by Crippen LogP contribution is 2.50. The lowest BCUT2D eigenvalue weighted by Gasteiger charge is -2.27. The van der Waals surface area contributed by atoms with Crippen LogP contribution in [0.5, 0.6) is 5.75 Å². The molecule has 1 heterocycles. The summed E-state index contributed by atoms with van der Waals surface area (Å²) in [5.74, 6) is 1.01. The van der Waals surface area contributed by atoms with Crippen molar-refractivity contribution >= 4 is 28.8 Å². The molecule has 3 aromatic rings. The fourth-order valence-corrected chi connectivity index (χ4v) is 5.02. The molecular weight excluding hydrogens is 428 g/mol. The van der Waals surface area contributed by atoms with Crippen molar-refractivity contribution in [2.75, 3.05) is 13.7 Å². The highest BCUT2D eigenvalue weighted by atomic mass is 35.5. The van der Waals surface area contributed by atoms with Crippen molar-refractivity contribution in [3.63, 3.8) is 0 Å². The Kier molecular flexibility index (Phi) is 6.63. The molecule has 0 spiro atoms. The Morgan fingerprint density at radius 1 is 1.23 bits per heavy atom. The lowest BCUT2D eigenvalue weighted by atomic mass is 9.94. The second-order valence-corrected chi connectivity index (χ2v) is 9.53. The Balaban J connectivity index is 1.50. The second-order valence-electron chi connectivity index (χ2n) is 8.15. The maximum Gasteiger partial charge on any atom is 0.233 e. The van der Waals surface area contributed by atoms with E-state index in [0.717, 1.165) is 52.7 Å². The van der Waals surface area contributed by atoms with E-state index < -0.39 is 5.41 Å². The zero-order valence-corrected chi connectivity index (χ0v) is 19.5. The monoisotopic (exact) mass is 454 g/mol. The molecule has 0 aliphatic heterocycles. The van der Waals surface area contributed by atoms with Crippen LogP contribution in [0, 0.1) is 6.92 Å². The van der Waals surface area contributed by atoms with E-state index in [0.29, 0.717) is 13.1 Å². The standard InChI is InChI=1S/C25H27ClN2O2S/c1-18-17-31-23(27-18)16-28(14-4-6-19-5-3-7-21(26)15-19)24(29)25(12-13-25)20-8-10-22(30-2)11-9-20/h3,5,7-11,15,17H,4,6,12-14,16H2,1-2H3. The molecule has 0 bridgehead atoms. The van der Waals surface area contributed by atoms with E-state index in [1.54, 1.807) is 18.4 Å². The average molecular weight is 455 g/mol. The highest BCUT2D eigenvalue weighted by molar-refractivity contribution is 7.09. The Bertz CT molecular complexity index is 1040. The third-order valence-corrected chi connectivity index (χ3v) is 7.05. The lowest BCUT2D eigenvalue weighted by molar-refractivity contribution is -0.134. The van der Waals surface area contributed by atoms with Gasteiger partial charge in [-0.1, -0.05) is 35.9 Å². The van der Waals surface area contributed by atoms with Gasteiger partial charge < -0.3 is 9.64 Å². The normalized spacial score (nSPS) is 14.3. The number of thiazole rings is 1. The summed E-state index contributed by atoms with van der Waals surface area (Å²) in [6.45, 7) is 3.25. The number of aryl methyl sites for hydroxylation is 2. The van der Waals surface area contributed by atoms with Crippen molar-refractivity contribution in [1.29, 1.82) is 0 Å². The van der Waals surface area contributed by atoms with E-state index in [1.165, 1.54) is 5.56 Å². The number of halogens is 1. The number of amides is 1. The van der Waals surface area contributed by atoms with Crippen molar-refractivity contribution < 1.29 is 9.53 Å². The van der Waals surface area contributed by atoms with Crippen LogP contribution in [-0.2, 0) is 23.2 Å². The number of carbonyl (C=O) groups is 1. The molecule has 4 rings (SSSR count). The van der Waals surface area contributed by atoms with Gasteiger partial charge in [-0.3, -0.25) is 4.79 Å². The molecule has 2 aromatic carbocycles. The van der Waals surface area contributed by atoms with Crippen molar-refractivity contribution in [2.24, 2.45) is 0 Å². The maximum atomic E-state index is 13.7. The number of rotatable bonds is 9. The van der Waals surface area contributed by atoms with Crippen LogP contribution in [0.4, 0.5) is 0 Å². The highest BCUT2D eigenvalue weighted by Gasteiger charge is 2.53. The van der Waals surface area contributed by atoms with E-state index >= 15 is 0 Å². The van der Waals surface area contributed by atoms with Crippen LogP contribution >= 0.6 is 22.9 Å².